The molecular formula is C21H21FN4O2S. The van der Waals surface area contributed by atoms with Gasteiger partial charge in [-0.3, -0.25) is 14.2 Å². The lowest BCUT2D eigenvalue weighted by Gasteiger charge is -2.18. The molecule has 1 aliphatic rings. The highest BCUT2D eigenvalue weighted by Gasteiger charge is 2.25. The third-order valence-electron chi connectivity index (χ3n) is 5.32. The van der Waals surface area contributed by atoms with Crippen LogP contribution >= 0.6 is 11.3 Å². The van der Waals surface area contributed by atoms with Gasteiger partial charge in [0.1, 0.15) is 16.7 Å². The van der Waals surface area contributed by atoms with Gasteiger partial charge in [0.2, 0.25) is 0 Å². The minimum atomic E-state index is -0.796. The van der Waals surface area contributed by atoms with Crippen molar-refractivity contribution in [3.8, 4) is 0 Å². The average Bonchev–Trinajstić information content (AvgIpc) is 3.07. The Labute approximate surface area is 171 Å². The van der Waals surface area contributed by atoms with E-state index >= 15 is 0 Å². The van der Waals surface area contributed by atoms with Crippen molar-refractivity contribution >= 4 is 33.7 Å². The standard InChI is InChI=1S/C21H21FN4O2S/c1-12-7-8-15-17(9-12)29-20-18(15)21(28)26(11-23-20)13(2)19(27)25-24-10-14-5-3-4-6-16(14)22/h3-6,10-13H,7-9H2,1-2H3,(H,25,27)/b24-10+. The fraction of sp³-hybridized carbons (Fsp3) is 0.333. The van der Waals surface area contributed by atoms with E-state index in [-0.39, 0.29) is 11.1 Å². The Balaban J connectivity index is 1.57. The maximum Gasteiger partial charge on any atom is 0.263 e. The van der Waals surface area contributed by atoms with Crippen LogP contribution in [-0.4, -0.2) is 21.7 Å². The van der Waals surface area contributed by atoms with Crippen LogP contribution in [0.25, 0.3) is 10.2 Å². The quantitative estimate of drug-likeness (QED) is 0.527. The molecule has 1 aromatic carbocycles. The molecule has 0 bridgehead atoms. The minimum Gasteiger partial charge on any atom is -0.286 e. The number of fused-ring (bicyclic) bond motifs is 3. The van der Waals surface area contributed by atoms with E-state index in [0.717, 1.165) is 29.7 Å². The molecule has 6 nitrogen and oxygen atoms in total. The number of carbonyl (C=O) groups excluding carboxylic acids is 1. The third kappa shape index (κ3) is 3.72. The van der Waals surface area contributed by atoms with Crippen molar-refractivity contribution in [2.45, 2.75) is 39.2 Å². The molecule has 150 valence electrons. The maximum absolute atomic E-state index is 13.6. The monoisotopic (exact) mass is 412 g/mol. The number of aromatic nitrogens is 2. The Hall–Kier alpha value is -2.87. The number of thiophene rings is 1. The molecule has 0 radical (unpaired) electrons. The molecule has 8 heteroatoms. The molecule has 0 spiro atoms. The zero-order valence-electron chi connectivity index (χ0n) is 16.2. The summed E-state index contributed by atoms with van der Waals surface area (Å²) in [6.07, 6.45) is 5.54. The van der Waals surface area contributed by atoms with E-state index in [2.05, 4.69) is 22.4 Å². The van der Waals surface area contributed by atoms with Gasteiger partial charge in [0, 0.05) is 10.4 Å². The lowest BCUT2D eigenvalue weighted by Crippen LogP contribution is -2.34. The van der Waals surface area contributed by atoms with E-state index in [1.165, 1.54) is 28.1 Å². The highest BCUT2D eigenvalue weighted by Crippen LogP contribution is 2.35. The molecule has 2 unspecified atom stereocenters. The van der Waals surface area contributed by atoms with Gasteiger partial charge in [-0.05, 0) is 43.7 Å². The summed E-state index contributed by atoms with van der Waals surface area (Å²) in [7, 11) is 0. The number of halogens is 1. The van der Waals surface area contributed by atoms with Crippen LogP contribution in [0.5, 0.6) is 0 Å². The molecule has 1 amide bonds. The summed E-state index contributed by atoms with van der Waals surface area (Å²) in [4.78, 5) is 32.0. The van der Waals surface area contributed by atoms with Crippen LogP contribution in [0.1, 0.15) is 42.3 Å². The Morgan fingerprint density at radius 3 is 3.03 bits per heavy atom. The van der Waals surface area contributed by atoms with Crippen LogP contribution in [0.2, 0.25) is 0 Å². The molecule has 0 aliphatic heterocycles. The number of hydrazone groups is 1. The molecule has 0 saturated heterocycles. The van der Waals surface area contributed by atoms with Crippen LogP contribution in [0.15, 0.2) is 40.5 Å². The van der Waals surface area contributed by atoms with Crippen molar-refractivity contribution in [3.05, 3.63) is 62.8 Å². The number of rotatable bonds is 4. The van der Waals surface area contributed by atoms with E-state index in [0.29, 0.717) is 11.3 Å². The number of nitrogens with one attached hydrogen (secondary N) is 1. The minimum absolute atomic E-state index is 0.206. The van der Waals surface area contributed by atoms with Crippen LogP contribution in [0, 0.1) is 11.7 Å². The van der Waals surface area contributed by atoms with Crippen molar-refractivity contribution in [2.75, 3.05) is 0 Å². The van der Waals surface area contributed by atoms with Crippen LogP contribution in [0.3, 0.4) is 0 Å². The Kier molecular flexibility index (Phi) is 5.27. The summed E-state index contributed by atoms with van der Waals surface area (Å²) >= 11 is 1.58. The molecule has 4 rings (SSSR count). The molecule has 1 N–H and O–H groups in total. The first-order chi connectivity index (χ1) is 14.0. The Morgan fingerprint density at radius 2 is 2.24 bits per heavy atom. The van der Waals surface area contributed by atoms with E-state index in [4.69, 9.17) is 0 Å². The van der Waals surface area contributed by atoms with Gasteiger partial charge in [-0.2, -0.15) is 5.10 Å². The first-order valence-electron chi connectivity index (χ1n) is 9.54. The highest BCUT2D eigenvalue weighted by molar-refractivity contribution is 7.18. The van der Waals surface area contributed by atoms with Crippen molar-refractivity contribution in [2.24, 2.45) is 11.0 Å². The number of nitrogens with zero attached hydrogens (tertiary/aromatic N) is 3. The van der Waals surface area contributed by atoms with E-state index in [1.807, 2.05) is 0 Å². The third-order valence-corrected chi connectivity index (χ3v) is 6.48. The van der Waals surface area contributed by atoms with Crippen LogP contribution in [-0.2, 0) is 17.6 Å². The van der Waals surface area contributed by atoms with Gasteiger partial charge in [-0.25, -0.2) is 14.8 Å². The second-order valence-electron chi connectivity index (χ2n) is 7.42. The lowest BCUT2D eigenvalue weighted by molar-refractivity contribution is -0.123. The van der Waals surface area contributed by atoms with Gasteiger partial charge in [0.05, 0.1) is 17.9 Å². The zero-order valence-corrected chi connectivity index (χ0v) is 17.0. The summed E-state index contributed by atoms with van der Waals surface area (Å²) < 4.78 is 14.9. The summed E-state index contributed by atoms with van der Waals surface area (Å²) in [5.41, 5.74) is 3.51. The molecule has 1 aliphatic carbocycles. The van der Waals surface area contributed by atoms with E-state index in [9.17, 15) is 14.0 Å². The Bertz CT molecular complexity index is 1170. The summed E-state index contributed by atoms with van der Waals surface area (Å²) in [5.74, 6) is -0.297. The van der Waals surface area contributed by atoms with Crippen molar-refractivity contribution in [1.82, 2.24) is 15.0 Å². The summed E-state index contributed by atoms with van der Waals surface area (Å²) in [5, 5.41) is 4.44. The first-order valence-corrected chi connectivity index (χ1v) is 10.4. The largest absolute Gasteiger partial charge is 0.286 e. The normalized spacial score (nSPS) is 17.4. The number of benzene rings is 1. The number of aryl methyl sites for hydroxylation is 1. The molecule has 2 atom stereocenters. The average molecular weight is 412 g/mol. The summed E-state index contributed by atoms with van der Waals surface area (Å²) in [6.45, 7) is 3.83. The van der Waals surface area contributed by atoms with Crippen molar-refractivity contribution < 1.29 is 9.18 Å². The topological polar surface area (TPSA) is 76.3 Å². The van der Waals surface area contributed by atoms with Gasteiger partial charge in [-0.1, -0.05) is 25.1 Å². The van der Waals surface area contributed by atoms with Crippen LogP contribution in [0.4, 0.5) is 4.39 Å². The fourth-order valence-electron chi connectivity index (χ4n) is 3.58. The Morgan fingerprint density at radius 1 is 1.45 bits per heavy atom. The maximum atomic E-state index is 13.6. The number of amides is 1. The van der Waals surface area contributed by atoms with Crippen molar-refractivity contribution in [1.29, 1.82) is 0 Å². The smallest absolute Gasteiger partial charge is 0.263 e. The van der Waals surface area contributed by atoms with Gasteiger partial charge in [-0.15, -0.1) is 11.3 Å². The molecule has 2 heterocycles. The highest BCUT2D eigenvalue weighted by atomic mass is 32.1. The van der Waals surface area contributed by atoms with Gasteiger partial charge >= 0.3 is 0 Å². The molecule has 2 aromatic heterocycles. The fourth-order valence-corrected chi connectivity index (χ4v) is 4.93. The van der Waals surface area contributed by atoms with Crippen LogP contribution < -0.4 is 11.0 Å². The predicted molar refractivity (Wildman–Crippen MR) is 112 cm³/mol. The molecule has 0 fully saturated rings. The summed E-state index contributed by atoms with van der Waals surface area (Å²) in [6, 6.07) is 5.33. The van der Waals surface area contributed by atoms with Gasteiger partial charge < -0.3 is 0 Å². The first kappa shape index (κ1) is 19.4. The zero-order chi connectivity index (χ0) is 20.5. The number of carbonyl (C=O) groups is 1. The molecule has 0 saturated carbocycles. The predicted octanol–water partition coefficient (Wildman–Crippen LogP) is 3.43. The molecule has 3 aromatic rings. The van der Waals surface area contributed by atoms with Gasteiger partial charge in [0.25, 0.3) is 11.5 Å². The van der Waals surface area contributed by atoms with Crippen molar-refractivity contribution in [3.63, 3.8) is 0 Å². The number of hydrogen-bond donors (Lipinski definition) is 1. The number of hydrogen-bond acceptors (Lipinski definition) is 5. The van der Waals surface area contributed by atoms with Gasteiger partial charge in [0.15, 0.2) is 0 Å². The SMILES string of the molecule is CC1CCc2c(sc3ncn(C(C)C(=O)N/N=C/c4ccccc4F)c(=O)c23)C1. The van der Waals surface area contributed by atoms with E-state index < -0.39 is 17.8 Å². The van der Waals surface area contributed by atoms with E-state index in [1.54, 1.807) is 36.5 Å². The second-order valence-corrected chi connectivity index (χ2v) is 8.50. The lowest BCUT2D eigenvalue weighted by atomic mass is 9.89. The molecular weight excluding hydrogens is 391 g/mol. The second kappa shape index (κ2) is 7.87. The molecule has 29 heavy (non-hydrogen) atoms.